The third-order valence-electron chi connectivity index (χ3n) is 12.6. The number of carbonyl (C=O) groups excluding carboxylic acids is 4. The number of aromatic amines is 2. The number of halogens is 1. The first-order valence-corrected chi connectivity index (χ1v) is 22.7. The Labute approximate surface area is 430 Å². The molecule has 23 heteroatoms. The molecule has 2 aromatic carbocycles. The highest BCUT2D eigenvalue weighted by molar-refractivity contribution is 7.59. The van der Waals surface area contributed by atoms with Gasteiger partial charge in [0.15, 0.2) is 0 Å². The largest absolute Gasteiger partial charge is 0.463 e. The molecular formula is C46H59FN10O7S5. The SMILES string of the molecule is COC(=O)N[C@H](C(=O)N1CCC[C@H]1c1ncc(-c2cc(F)c3c(c2)OC(c2cscn2)n2c-3cc3cc(-c4cnc([C@@H]5CCCN5C(=O)[C@@H](NC(=O)OC)C(C)C)[nH]4)ccc32)[nH]1)C(C)C.S.S.S.S. The molecule has 9 rings (SSSR count). The van der Waals surface area contributed by atoms with Crippen LogP contribution in [0, 0.1) is 17.7 Å². The Balaban J connectivity index is 0.00000222. The van der Waals surface area contributed by atoms with Crippen LogP contribution in [0.1, 0.15) is 89.0 Å². The summed E-state index contributed by atoms with van der Waals surface area (Å²) in [6, 6.07) is 9.01. The molecule has 6 aromatic rings. The van der Waals surface area contributed by atoms with Crippen LogP contribution >= 0.6 is 65.3 Å². The maximum Gasteiger partial charge on any atom is 0.407 e. The van der Waals surface area contributed by atoms with E-state index < -0.39 is 36.3 Å². The van der Waals surface area contributed by atoms with E-state index in [1.165, 1.54) is 31.6 Å². The van der Waals surface area contributed by atoms with Crippen molar-refractivity contribution < 1.29 is 37.8 Å². The molecule has 0 spiro atoms. The summed E-state index contributed by atoms with van der Waals surface area (Å²) in [5.74, 6) is 0.324. The molecule has 372 valence electrons. The van der Waals surface area contributed by atoms with Crippen molar-refractivity contribution in [3.63, 3.8) is 0 Å². The van der Waals surface area contributed by atoms with E-state index in [4.69, 9.17) is 19.2 Å². The number of hydrogen-bond donors (Lipinski definition) is 4. The number of nitrogens with zero attached hydrogens (tertiary/aromatic N) is 6. The number of imidazole rings is 2. The van der Waals surface area contributed by atoms with Gasteiger partial charge >= 0.3 is 12.2 Å². The molecule has 3 aliphatic rings. The van der Waals surface area contributed by atoms with E-state index in [1.807, 2.05) is 61.9 Å². The van der Waals surface area contributed by atoms with Crippen LogP contribution < -0.4 is 15.4 Å². The number of rotatable bonds is 11. The zero-order chi connectivity index (χ0) is 45.7. The van der Waals surface area contributed by atoms with E-state index in [-0.39, 0.29) is 89.7 Å². The molecule has 69 heavy (non-hydrogen) atoms. The standard InChI is InChI=1S/C46H51FN10O7S.4H2S/c1-23(2)38(53-45(60)62-5)42(58)55-13-7-9-33(55)40-48-19-29(51-40)25-11-12-32-27(15-25)17-35-37-28(47)16-26(18-36(37)64-44(57(32)35)31-21-65-22-50-31)30-20-49-41(52-30)34-10-8-14-56(34)43(59)39(24(3)4)54-46(61)63-6;;;;/h11-12,15-24,33-34,38-39,44H,7-10,13-14H2,1-6H3,(H,48,51)(H,49,52)(H,53,60)(H,54,61);4*1H2/t33-,34-,38-,39-,44?;;;;/m0..../s1. The molecule has 0 bridgehead atoms. The topological polar surface area (TPSA) is 202 Å². The first-order chi connectivity index (χ1) is 31.3. The third kappa shape index (κ3) is 10.4. The number of thiazole rings is 1. The summed E-state index contributed by atoms with van der Waals surface area (Å²) in [6.45, 7) is 8.53. The number of aromatic nitrogens is 6. The fraction of sp³-hybridized carbons (Fsp3) is 0.413. The Morgan fingerprint density at radius 1 is 0.768 bits per heavy atom. The van der Waals surface area contributed by atoms with Gasteiger partial charge in [-0.1, -0.05) is 33.8 Å². The second-order valence-corrected chi connectivity index (χ2v) is 18.1. The number of methoxy groups -OCH3 is 2. The molecule has 5 atom stereocenters. The van der Waals surface area contributed by atoms with Gasteiger partial charge in [0.05, 0.1) is 72.4 Å². The molecule has 2 saturated heterocycles. The first-order valence-electron chi connectivity index (χ1n) is 21.8. The lowest BCUT2D eigenvalue weighted by molar-refractivity contribution is -0.136. The molecule has 1 unspecified atom stereocenters. The Kier molecular flexibility index (Phi) is 17.9. The van der Waals surface area contributed by atoms with E-state index in [2.05, 4.69) is 30.6 Å². The Morgan fingerprint density at radius 2 is 1.32 bits per heavy atom. The van der Waals surface area contributed by atoms with Crippen LogP contribution in [0.15, 0.2) is 59.7 Å². The fourth-order valence-electron chi connectivity index (χ4n) is 9.33. The highest BCUT2D eigenvalue weighted by Crippen LogP contribution is 2.47. The van der Waals surface area contributed by atoms with Crippen molar-refractivity contribution in [1.29, 1.82) is 0 Å². The number of fused-ring (bicyclic) bond motifs is 5. The molecule has 4 N–H and O–H groups in total. The van der Waals surface area contributed by atoms with Gasteiger partial charge in [0.1, 0.15) is 41.0 Å². The molecule has 7 heterocycles. The second-order valence-electron chi connectivity index (χ2n) is 17.3. The number of amides is 4. The van der Waals surface area contributed by atoms with E-state index in [1.54, 1.807) is 33.8 Å². The van der Waals surface area contributed by atoms with Gasteiger partial charge in [0.2, 0.25) is 18.0 Å². The van der Waals surface area contributed by atoms with E-state index in [9.17, 15) is 19.2 Å². The Hall–Kier alpha value is -5.36. The second kappa shape index (κ2) is 22.6. The quantitative estimate of drug-likeness (QED) is 0.0981. The van der Waals surface area contributed by atoms with Gasteiger partial charge in [0.25, 0.3) is 0 Å². The Bertz CT molecular complexity index is 2780. The van der Waals surface area contributed by atoms with Gasteiger partial charge in [-0.15, -0.1) is 11.3 Å². The van der Waals surface area contributed by atoms with Crippen molar-refractivity contribution in [2.45, 2.75) is 83.8 Å². The Morgan fingerprint density at radius 3 is 1.83 bits per heavy atom. The average Bonchev–Trinajstić information content (AvgIpc) is 4.15. The van der Waals surface area contributed by atoms with E-state index in [0.717, 1.165) is 41.4 Å². The maximum absolute atomic E-state index is 16.7. The summed E-state index contributed by atoms with van der Waals surface area (Å²) in [7, 11) is 2.54. The van der Waals surface area contributed by atoms with Gasteiger partial charge in [-0.3, -0.25) is 14.2 Å². The van der Waals surface area contributed by atoms with Crippen molar-refractivity contribution in [2.24, 2.45) is 11.8 Å². The van der Waals surface area contributed by atoms with Gasteiger partial charge < -0.3 is 44.6 Å². The molecule has 4 amide bonds. The van der Waals surface area contributed by atoms with Crippen molar-refractivity contribution in [3.05, 3.63) is 82.8 Å². The molecule has 2 fully saturated rings. The average molecular weight is 1040 g/mol. The van der Waals surface area contributed by atoms with Crippen LogP contribution in [-0.2, 0) is 19.1 Å². The predicted octanol–water partition coefficient (Wildman–Crippen LogP) is 8.16. The highest BCUT2D eigenvalue weighted by atomic mass is 32.1. The summed E-state index contributed by atoms with van der Waals surface area (Å²) in [5, 5.41) is 8.13. The smallest absolute Gasteiger partial charge is 0.407 e. The minimum absolute atomic E-state index is 0. The van der Waals surface area contributed by atoms with Crippen molar-refractivity contribution >= 4 is 100 Å². The summed E-state index contributed by atoms with van der Waals surface area (Å²) in [5.41, 5.74) is 6.82. The van der Waals surface area contributed by atoms with Crippen molar-refractivity contribution in [2.75, 3.05) is 27.3 Å². The minimum Gasteiger partial charge on any atom is -0.463 e. The fourth-order valence-corrected chi connectivity index (χ4v) is 9.89. The number of H-pyrrole nitrogens is 2. The van der Waals surface area contributed by atoms with Crippen LogP contribution in [0.4, 0.5) is 14.0 Å². The molecular weight excluding hydrogens is 984 g/mol. The number of ether oxygens (including phenoxy) is 3. The summed E-state index contributed by atoms with van der Waals surface area (Å²) >= 11 is 1.44. The molecule has 4 aromatic heterocycles. The number of hydrogen-bond acceptors (Lipinski definition) is 11. The molecule has 0 radical (unpaired) electrons. The van der Waals surface area contributed by atoms with Crippen LogP contribution in [-0.4, -0.2) is 103 Å². The van der Waals surface area contributed by atoms with Gasteiger partial charge in [-0.05, 0) is 67.9 Å². The molecule has 17 nitrogen and oxygen atoms in total. The minimum atomic E-state index is -0.773. The van der Waals surface area contributed by atoms with Gasteiger partial charge in [-0.2, -0.15) is 54.0 Å². The van der Waals surface area contributed by atoms with Crippen LogP contribution in [0.25, 0.3) is 44.7 Å². The number of alkyl carbamates (subject to hydrolysis) is 2. The summed E-state index contributed by atoms with van der Waals surface area (Å²) in [4.78, 5) is 76.0. The predicted molar refractivity (Wildman–Crippen MR) is 281 cm³/mol. The third-order valence-corrected chi connectivity index (χ3v) is 13.2. The lowest BCUT2D eigenvalue weighted by atomic mass is 10.0. The van der Waals surface area contributed by atoms with Gasteiger partial charge in [-0.25, -0.2) is 28.9 Å². The number of nitrogens with one attached hydrogen (secondary N) is 4. The van der Waals surface area contributed by atoms with Crippen LogP contribution in [0.2, 0.25) is 0 Å². The van der Waals surface area contributed by atoms with Crippen LogP contribution in [0.5, 0.6) is 5.75 Å². The van der Waals surface area contributed by atoms with E-state index >= 15 is 4.39 Å². The molecule has 3 aliphatic heterocycles. The number of likely N-dealkylation sites (tertiary alicyclic amines) is 2. The summed E-state index contributed by atoms with van der Waals surface area (Å²) in [6.07, 6.45) is 4.30. The first kappa shape index (κ1) is 54.6. The molecule has 0 aliphatic carbocycles. The van der Waals surface area contributed by atoms with E-state index in [0.29, 0.717) is 65.1 Å². The number of carbonyl (C=O) groups is 4. The van der Waals surface area contributed by atoms with Crippen molar-refractivity contribution in [1.82, 2.24) is 49.9 Å². The van der Waals surface area contributed by atoms with Crippen LogP contribution in [0.3, 0.4) is 0 Å². The lowest BCUT2D eigenvalue weighted by Crippen LogP contribution is -2.51. The molecule has 0 saturated carbocycles. The number of benzene rings is 2. The lowest BCUT2D eigenvalue weighted by Gasteiger charge is -2.30. The monoisotopic (exact) mass is 1040 g/mol. The summed E-state index contributed by atoms with van der Waals surface area (Å²) < 4.78 is 34.9. The zero-order valence-electron chi connectivity index (χ0n) is 38.9. The van der Waals surface area contributed by atoms with Gasteiger partial charge in [0, 0.05) is 35.0 Å². The normalized spacial score (nSPS) is 17.8. The highest BCUT2D eigenvalue weighted by Gasteiger charge is 2.40. The maximum atomic E-state index is 16.7. The zero-order valence-corrected chi connectivity index (χ0v) is 43.7. The van der Waals surface area contributed by atoms with Crippen molar-refractivity contribution in [3.8, 4) is 39.5 Å².